The Hall–Kier alpha value is -2.66. The van der Waals surface area contributed by atoms with Crippen molar-refractivity contribution >= 4 is 16.8 Å². The summed E-state index contributed by atoms with van der Waals surface area (Å²) < 4.78 is 7.83. The number of benzene rings is 2. The minimum absolute atomic E-state index is 0.108. The number of aliphatic hydroxyl groups is 1. The molecule has 1 heterocycles. The van der Waals surface area contributed by atoms with E-state index in [-0.39, 0.29) is 12.4 Å². The summed E-state index contributed by atoms with van der Waals surface area (Å²) in [5.74, 6) is 2.05. The predicted molar refractivity (Wildman–Crippen MR) is 111 cm³/mol. The number of aromatic nitrogens is 2. The minimum Gasteiger partial charge on any atom is -0.491 e. The third-order valence-electron chi connectivity index (χ3n) is 5.07. The number of rotatable bonds is 9. The number of ether oxygens (including phenoxy) is 1. The number of aliphatic hydroxyl groups excluding tert-OH is 1. The number of imidazole rings is 1. The Morgan fingerprint density at radius 3 is 2.54 bits per heavy atom. The van der Waals surface area contributed by atoms with Gasteiger partial charge in [-0.05, 0) is 42.8 Å². The molecule has 0 saturated heterocycles. The molecule has 5 heteroatoms. The first-order valence-electron chi connectivity index (χ1n) is 9.92. The molecule has 0 amide bonds. The molecular formula is C23H28N2O3. The topological polar surface area (TPSA) is 64.3 Å². The lowest BCUT2D eigenvalue weighted by atomic mass is 10.1. The fourth-order valence-corrected chi connectivity index (χ4v) is 3.24. The second kappa shape index (κ2) is 9.02. The lowest BCUT2D eigenvalue weighted by Crippen LogP contribution is -2.25. The summed E-state index contributed by atoms with van der Waals surface area (Å²) in [5, 5.41) is 10.6. The Morgan fingerprint density at radius 1 is 1.14 bits per heavy atom. The minimum atomic E-state index is -0.669. The second-order valence-corrected chi connectivity index (χ2v) is 7.14. The SMILES string of the molecule is CCC(=O)c1ccc(OCC(O)Cn2c(C(C)CC)nc3ccccc32)cc1. The molecule has 148 valence electrons. The third-order valence-corrected chi connectivity index (χ3v) is 5.07. The van der Waals surface area contributed by atoms with E-state index < -0.39 is 6.10 Å². The molecule has 1 N–H and O–H groups in total. The van der Waals surface area contributed by atoms with E-state index >= 15 is 0 Å². The molecule has 0 aliphatic rings. The van der Waals surface area contributed by atoms with Gasteiger partial charge in [-0.15, -0.1) is 0 Å². The van der Waals surface area contributed by atoms with Crippen LogP contribution >= 0.6 is 0 Å². The molecule has 0 fully saturated rings. The predicted octanol–water partition coefficient (Wildman–Crippen LogP) is 4.58. The molecule has 1 aromatic heterocycles. The van der Waals surface area contributed by atoms with Gasteiger partial charge in [0.15, 0.2) is 5.78 Å². The Balaban J connectivity index is 1.69. The van der Waals surface area contributed by atoms with Crippen molar-refractivity contribution in [2.75, 3.05) is 6.61 Å². The van der Waals surface area contributed by atoms with E-state index in [9.17, 15) is 9.90 Å². The van der Waals surface area contributed by atoms with Gasteiger partial charge in [-0.2, -0.15) is 0 Å². The van der Waals surface area contributed by atoms with E-state index in [0.29, 0.717) is 30.2 Å². The number of hydrogen-bond donors (Lipinski definition) is 1. The zero-order valence-electron chi connectivity index (χ0n) is 16.8. The number of Topliss-reactive ketones (excluding diaryl/α,β-unsaturated/α-hetero) is 1. The summed E-state index contributed by atoms with van der Waals surface area (Å²) in [7, 11) is 0. The number of carbonyl (C=O) groups is 1. The maximum absolute atomic E-state index is 11.7. The quantitative estimate of drug-likeness (QED) is 0.552. The molecule has 3 rings (SSSR count). The van der Waals surface area contributed by atoms with E-state index in [0.717, 1.165) is 23.3 Å². The standard InChI is InChI=1S/C23H28N2O3/c1-4-16(3)23-24-20-8-6-7-9-21(20)25(23)14-18(26)15-28-19-12-10-17(11-13-19)22(27)5-2/h6-13,16,18,26H,4-5,14-15H2,1-3H3. The Bertz CT molecular complexity index is 931. The van der Waals surface area contributed by atoms with Crippen LogP contribution in [0.3, 0.4) is 0 Å². The van der Waals surface area contributed by atoms with Gasteiger partial charge in [0, 0.05) is 17.9 Å². The van der Waals surface area contributed by atoms with Crippen molar-refractivity contribution in [3.05, 3.63) is 59.9 Å². The molecule has 2 unspecified atom stereocenters. The molecule has 2 atom stereocenters. The molecular weight excluding hydrogens is 352 g/mol. The molecule has 28 heavy (non-hydrogen) atoms. The molecule has 0 aliphatic heterocycles. The van der Waals surface area contributed by atoms with Crippen LogP contribution in [0, 0.1) is 0 Å². The van der Waals surface area contributed by atoms with Crippen molar-refractivity contribution in [1.29, 1.82) is 0 Å². The van der Waals surface area contributed by atoms with Crippen molar-refractivity contribution in [3.8, 4) is 5.75 Å². The van der Waals surface area contributed by atoms with Gasteiger partial charge >= 0.3 is 0 Å². The fourth-order valence-electron chi connectivity index (χ4n) is 3.24. The number of fused-ring (bicyclic) bond motifs is 1. The maximum Gasteiger partial charge on any atom is 0.162 e. The Labute approximate surface area is 166 Å². The van der Waals surface area contributed by atoms with E-state index in [4.69, 9.17) is 9.72 Å². The monoisotopic (exact) mass is 380 g/mol. The van der Waals surface area contributed by atoms with Crippen LogP contribution in [0.25, 0.3) is 11.0 Å². The van der Waals surface area contributed by atoms with Gasteiger partial charge in [-0.1, -0.05) is 32.9 Å². The molecule has 0 radical (unpaired) electrons. The van der Waals surface area contributed by atoms with Gasteiger partial charge in [0.25, 0.3) is 0 Å². The summed E-state index contributed by atoms with van der Waals surface area (Å²) >= 11 is 0. The van der Waals surface area contributed by atoms with Crippen LogP contribution < -0.4 is 4.74 Å². The van der Waals surface area contributed by atoms with Crippen molar-refractivity contribution in [2.24, 2.45) is 0 Å². The van der Waals surface area contributed by atoms with Crippen molar-refractivity contribution in [1.82, 2.24) is 9.55 Å². The summed E-state index contributed by atoms with van der Waals surface area (Å²) in [6, 6.07) is 15.1. The first-order chi connectivity index (χ1) is 13.5. The van der Waals surface area contributed by atoms with Crippen LogP contribution in [-0.2, 0) is 6.54 Å². The molecule has 0 spiro atoms. The largest absolute Gasteiger partial charge is 0.491 e. The zero-order valence-corrected chi connectivity index (χ0v) is 16.8. The van der Waals surface area contributed by atoms with Gasteiger partial charge in [-0.25, -0.2) is 4.98 Å². The second-order valence-electron chi connectivity index (χ2n) is 7.14. The van der Waals surface area contributed by atoms with Crippen LogP contribution in [0.2, 0.25) is 0 Å². The van der Waals surface area contributed by atoms with Gasteiger partial charge in [0.05, 0.1) is 17.6 Å². The van der Waals surface area contributed by atoms with Gasteiger partial charge < -0.3 is 14.4 Å². The highest BCUT2D eigenvalue weighted by Gasteiger charge is 2.18. The summed E-state index contributed by atoms with van der Waals surface area (Å²) in [6.45, 7) is 6.73. The molecule has 2 aromatic carbocycles. The van der Waals surface area contributed by atoms with Crippen molar-refractivity contribution in [2.45, 2.75) is 52.2 Å². The highest BCUT2D eigenvalue weighted by Crippen LogP contribution is 2.24. The average molecular weight is 380 g/mol. The van der Waals surface area contributed by atoms with Gasteiger partial charge in [0.1, 0.15) is 24.3 Å². The lowest BCUT2D eigenvalue weighted by molar-refractivity contribution is 0.0923. The summed E-state index contributed by atoms with van der Waals surface area (Å²) in [4.78, 5) is 16.5. The smallest absolute Gasteiger partial charge is 0.162 e. The first-order valence-corrected chi connectivity index (χ1v) is 9.92. The van der Waals surface area contributed by atoms with Crippen LogP contribution in [-0.4, -0.2) is 33.2 Å². The number of para-hydroxylation sites is 2. The van der Waals surface area contributed by atoms with Crippen LogP contribution in [0.4, 0.5) is 0 Å². The number of hydrogen-bond acceptors (Lipinski definition) is 4. The van der Waals surface area contributed by atoms with Gasteiger partial charge in [-0.3, -0.25) is 4.79 Å². The summed E-state index contributed by atoms with van der Waals surface area (Å²) in [6.07, 6.45) is 0.798. The normalized spacial score (nSPS) is 13.4. The highest BCUT2D eigenvalue weighted by atomic mass is 16.5. The van der Waals surface area contributed by atoms with Crippen molar-refractivity contribution in [3.63, 3.8) is 0 Å². The average Bonchev–Trinajstić information content (AvgIpc) is 3.10. The summed E-state index contributed by atoms with van der Waals surface area (Å²) in [5.41, 5.74) is 2.65. The van der Waals surface area contributed by atoms with Gasteiger partial charge in [0.2, 0.25) is 0 Å². The first kappa shape index (κ1) is 20.1. The number of nitrogens with zero attached hydrogens (tertiary/aromatic N) is 2. The van der Waals surface area contributed by atoms with Crippen molar-refractivity contribution < 1.29 is 14.6 Å². The molecule has 0 aliphatic carbocycles. The maximum atomic E-state index is 11.7. The lowest BCUT2D eigenvalue weighted by Gasteiger charge is -2.17. The molecule has 0 bridgehead atoms. The fraction of sp³-hybridized carbons (Fsp3) is 0.391. The molecule has 0 saturated carbocycles. The molecule has 3 aromatic rings. The van der Waals surface area contributed by atoms with E-state index in [2.05, 4.69) is 18.4 Å². The number of carbonyl (C=O) groups excluding carboxylic acids is 1. The highest BCUT2D eigenvalue weighted by molar-refractivity contribution is 5.95. The Kier molecular flexibility index (Phi) is 6.47. The van der Waals surface area contributed by atoms with Crippen LogP contribution in [0.1, 0.15) is 55.7 Å². The number of ketones is 1. The Morgan fingerprint density at radius 2 is 1.86 bits per heavy atom. The van der Waals surface area contributed by atoms with Crippen LogP contribution in [0.5, 0.6) is 5.75 Å². The molecule has 5 nitrogen and oxygen atoms in total. The van der Waals surface area contributed by atoms with E-state index in [1.165, 1.54) is 0 Å². The van der Waals surface area contributed by atoms with E-state index in [1.807, 2.05) is 31.2 Å². The zero-order chi connectivity index (χ0) is 20.1. The van der Waals surface area contributed by atoms with Crippen LogP contribution in [0.15, 0.2) is 48.5 Å². The third kappa shape index (κ3) is 4.42. The van der Waals surface area contributed by atoms with E-state index in [1.54, 1.807) is 24.3 Å².